The van der Waals surface area contributed by atoms with Gasteiger partial charge in [0.2, 0.25) is 0 Å². The first-order chi connectivity index (χ1) is 10.2. The third-order valence-corrected chi connectivity index (χ3v) is 3.43. The van der Waals surface area contributed by atoms with Crippen molar-refractivity contribution in [3.05, 3.63) is 48.0 Å². The van der Waals surface area contributed by atoms with Crippen molar-refractivity contribution in [3.63, 3.8) is 0 Å². The number of carbonyl (C=O) groups is 1. The number of amides is 2. The zero-order chi connectivity index (χ0) is 14.7. The van der Waals surface area contributed by atoms with Gasteiger partial charge in [0.15, 0.2) is 0 Å². The zero-order valence-corrected chi connectivity index (χ0v) is 11.5. The molecule has 0 fully saturated rings. The lowest BCUT2D eigenvalue weighted by Gasteiger charge is -2.18. The number of carbonyl (C=O) groups excluding carboxylic acids is 1. The number of urea groups is 1. The fraction of sp³-hybridized carbons (Fsp3) is 0.188. The maximum Gasteiger partial charge on any atom is 0.323 e. The molecule has 5 heteroatoms. The molecule has 108 valence electrons. The van der Waals surface area contributed by atoms with E-state index < -0.39 is 0 Å². The fourth-order valence-corrected chi connectivity index (χ4v) is 2.39. The van der Waals surface area contributed by atoms with Gasteiger partial charge in [-0.2, -0.15) is 0 Å². The summed E-state index contributed by atoms with van der Waals surface area (Å²) in [6.45, 7) is 1.00. The van der Waals surface area contributed by atoms with Crippen molar-refractivity contribution in [2.24, 2.45) is 0 Å². The molecule has 5 nitrogen and oxygen atoms in total. The summed E-state index contributed by atoms with van der Waals surface area (Å²) in [4.78, 5) is 11.9. The Bertz CT molecular complexity index is 653. The smallest absolute Gasteiger partial charge is 0.323 e. The van der Waals surface area contributed by atoms with Crippen LogP contribution in [0.3, 0.4) is 0 Å². The lowest BCUT2D eigenvalue weighted by Crippen LogP contribution is -2.20. The van der Waals surface area contributed by atoms with Crippen molar-refractivity contribution in [1.29, 1.82) is 0 Å². The molecule has 1 heterocycles. The number of anilines is 3. The van der Waals surface area contributed by atoms with E-state index in [4.69, 9.17) is 0 Å². The van der Waals surface area contributed by atoms with Crippen LogP contribution >= 0.6 is 0 Å². The summed E-state index contributed by atoms with van der Waals surface area (Å²) in [5, 5.41) is 18.1. The standard InChI is InChI=1S/C16H17N3O2/c20-14-6-3-12(4-7-14)18-16(21)19-13-5-8-15-11(10-13)2-1-9-17-15/h3-8,10,17,20H,1-2,9H2,(H2,18,19,21). The maximum absolute atomic E-state index is 11.9. The van der Waals surface area contributed by atoms with E-state index >= 15 is 0 Å². The van der Waals surface area contributed by atoms with E-state index in [-0.39, 0.29) is 11.8 Å². The van der Waals surface area contributed by atoms with Crippen LogP contribution in [0.5, 0.6) is 5.75 Å². The minimum absolute atomic E-state index is 0.170. The number of aryl methyl sites for hydroxylation is 1. The average molecular weight is 283 g/mol. The molecule has 0 saturated carbocycles. The van der Waals surface area contributed by atoms with Crippen LogP contribution in [0.2, 0.25) is 0 Å². The molecule has 0 atom stereocenters. The highest BCUT2D eigenvalue weighted by Crippen LogP contribution is 2.25. The SMILES string of the molecule is O=C(Nc1ccc(O)cc1)Nc1ccc2c(c1)CCCN2. The molecule has 4 N–H and O–H groups in total. The second-order valence-electron chi connectivity index (χ2n) is 5.03. The van der Waals surface area contributed by atoms with Gasteiger partial charge in [0, 0.05) is 23.6 Å². The Kier molecular flexibility index (Phi) is 3.64. The van der Waals surface area contributed by atoms with Gasteiger partial charge in [0.1, 0.15) is 5.75 Å². The first-order valence-electron chi connectivity index (χ1n) is 6.94. The minimum Gasteiger partial charge on any atom is -0.508 e. The molecule has 21 heavy (non-hydrogen) atoms. The molecule has 1 aliphatic heterocycles. The van der Waals surface area contributed by atoms with Crippen LogP contribution in [-0.2, 0) is 6.42 Å². The van der Waals surface area contributed by atoms with Crippen LogP contribution < -0.4 is 16.0 Å². The number of hydrogen-bond donors (Lipinski definition) is 4. The van der Waals surface area contributed by atoms with Crippen molar-refractivity contribution < 1.29 is 9.90 Å². The first-order valence-corrected chi connectivity index (χ1v) is 6.94. The quantitative estimate of drug-likeness (QED) is 0.638. The Morgan fingerprint density at radius 2 is 1.76 bits per heavy atom. The molecule has 0 saturated heterocycles. The molecule has 0 unspecified atom stereocenters. The highest BCUT2D eigenvalue weighted by atomic mass is 16.3. The van der Waals surface area contributed by atoms with Crippen LogP contribution in [0.25, 0.3) is 0 Å². The fourth-order valence-electron chi connectivity index (χ4n) is 2.39. The van der Waals surface area contributed by atoms with Crippen LogP contribution in [0.1, 0.15) is 12.0 Å². The Balaban J connectivity index is 1.65. The van der Waals surface area contributed by atoms with E-state index in [1.165, 1.54) is 17.7 Å². The Hall–Kier alpha value is -2.69. The van der Waals surface area contributed by atoms with Gasteiger partial charge in [-0.25, -0.2) is 4.79 Å². The number of phenols is 1. The molecule has 0 aromatic heterocycles. The van der Waals surface area contributed by atoms with Gasteiger partial charge < -0.3 is 21.1 Å². The largest absolute Gasteiger partial charge is 0.508 e. The lowest BCUT2D eigenvalue weighted by atomic mass is 10.0. The summed E-state index contributed by atoms with van der Waals surface area (Å²) in [7, 11) is 0. The summed E-state index contributed by atoms with van der Waals surface area (Å²) < 4.78 is 0. The Morgan fingerprint density at radius 1 is 1.05 bits per heavy atom. The topological polar surface area (TPSA) is 73.4 Å². The van der Waals surface area contributed by atoms with Crippen LogP contribution in [0.4, 0.5) is 21.9 Å². The molecular weight excluding hydrogens is 266 g/mol. The van der Waals surface area contributed by atoms with Gasteiger partial charge in [0.25, 0.3) is 0 Å². The Labute approximate surface area is 123 Å². The van der Waals surface area contributed by atoms with E-state index in [1.54, 1.807) is 12.1 Å². The molecule has 3 rings (SSSR count). The van der Waals surface area contributed by atoms with Gasteiger partial charge in [-0.15, -0.1) is 0 Å². The number of rotatable bonds is 2. The highest BCUT2D eigenvalue weighted by Gasteiger charge is 2.10. The molecule has 0 radical (unpaired) electrons. The van der Waals surface area contributed by atoms with Gasteiger partial charge in [-0.1, -0.05) is 0 Å². The monoisotopic (exact) mass is 283 g/mol. The second-order valence-corrected chi connectivity index (χ2v) is 5.03. The first kappa shape index (κ1) is 13.3. The molecule has 1 aliphatic rings. The summed E-state index contributed by atoms with van der Waals surface area (Å²) in [5.74, 6) is 0.170. The predicted octanol–water partition coefficient (Wildman–Crippen LogP) is 3.39. The van der Waals surface area contributed by atoms with E-state index in [0.29, 0.717) is 5.69 Å². The average Bonchev–Trinajstić information content (AvgIpc) is 2.49. The van der Waals surface area contributed by atoms with Gasteiger partial charge >= 0.3 is 6.03 Å². The van der Waals surface area contributed by atoms with Crippen molar-refractivity contribution >= 4 is 23.1 Å². The van der Waals surface area contributed by atoms with Crippen LogP contribution in [0, 0.1) is 0 Å². The second kappa shape index (κ2) is 5.75. The van der Waals surface area contributed by atoms with E-state index in [0.717, 1.165) is 30.8 Å². The molecule has 0 aliphatic carbocycles. The van der Waals surface area contributed by atoms with E-state index in [9.17, 15) is 9.90 Å². The molecule has 0 bridgehead atoms. The van der Waals surface area contributed by atoms with Crippen molar-refractivity contribution in [2.75, 3.05) is 22.5 Å². The normalized spacial score (nSPS) is 13.0. The Morgan fingerprint density at radius 3 is 2.57 bits per heavy atom. The number of nitrogens with one attached hydrogen (secondary N) is 3. The number of fused-ring (bicyclic) bond motifs is 1. The number of benzene rings is 2. The number of phenolic OH excluding ortho intramolecular Hbond substituents is 1. The summed E-state index contributed by atoms with van der Waals surface area (Å²) in [6, 6.07) is 11.9. The third kappa shape index (κ3) is 3.25. The molecular formula is C16H17N3O2. The van der Waals surface area contributed by atoms with Crippen molar-refractivity contribution in [2.45, 2.75) is 12.8 Å². The summed E-state index contributed by atoms with van der Waals surface area (Å²) in [6.07, 6.45) is 2.13. The lowest BCUT2D eigenvalue weighted by molar-refractivity contribution is 0.262. The molecule has 2 amide bonds. The van der Waals surface area contributed by atoms with Crippen molar-refractivity contribution in [3.8, 4) is 5.75 Å². The zero-order valence-electron chi connectivity index (χ0n) is 11.5. The van der Waals surface area contributed by atoms with Gasteiger partial charge in [-0.3, -0.25) is 0 Å². The summed E-state index contributed by atoms with van der Waals surface area (Å²) >= 11 is 0. The van der Waals surface area contributed by atoms with Gasteiger partial charge in [-0.05, 0) is 60.9 Å². The maximum atomic E-state index is 11.9. The van der Waals surface area contributed by atoms with Crippen molar-refractivity contribution in [1.82, 2.24) is 0 Å². The van der Waals surface area contributed by atoms with Gasteiger partial charge in [0.05, 0.1) is 0 Å². The van der Waals surface area contributed by atoms with Crippen LogP contribution in [0.15, 0.2) is 42.5 Å². The summed E-state index contributed by atoms with van der Waals surface area (Å²) in [5.41, 5.74) is 3.77. The molecule has 2 aromatic carbocycles. The third-order valence-electron chi connectivity index (χ3n) is 3.43. The molecule has 2 aromatic rings. The minimum atomic E-state index is -0.301. The predicted molar refractivity (Wildman–Crippen MR) is 84.0 cm³/mol. The van der Waals surface area contributed by atoms with E-state index in [1.807, 2.05) is 18.2 Å². The van der Waals surface area contributed by atoms with E-state index in [2.05, 4.69) is 16.0 Å². The number of hydrogen-bond acceptors (Lipinski definition) is 3. The highest BCUT2D eigenvalue weighted by molar-refractivity contribution is 5.99. The molecule has 0 spiro atoms. The van der Waals surface area contributed by atoms with Crippen LogP contribution in [-0.4, -0.2) is 17.7 Å². The number of aromatic hydroxyl groups is 1.